The van der Waals surface area contributed by atoms with Crippen LogP contribution in [0.2, 0.25) is 0 Å². The molecule has 1 aromatic carbocycles. The molecule has 1 aliphatic carbocycles. The fraction of sp³-hybridized carbons (Fsp3) is 0.500. The number of carboxylic acid groups (broad SMARTS) is 1. The van der Waals surface area contributed by atoms with Crippen molar-refractivity contribution in [2.75, 3.05) is 0 Å². The summed E-state index contributed by atoms with van der Waals surface area (Å²) in [5.41, 5.74) is 0. The van der Waals surface area contributed by atoms with Crippen LogP contribution in [0.1, 0.15) is 32.6 Å². The number of ether oxygens (including phenoxy) is 1. The Bertz CT molecular complexity index is 587. The lowest BCUT2D eigenvalue weighted by Crippen LogP contribution is -2.44. The normalized spacial score (nSPS) is 22.2. The lowest BCUT2D eigenvalue weighted by atomic mass is 9.86. The number of carbonyl (C=O) groups is 2. The number of carboxylic acids is 1. The third-order valence-electron chi connectivity index (χ3n) is 3.99. The second-order valence-corrected chi connectivity index (χ2v) is 6.58. The fourth-order valence-corrected chi connectivity index (χ4v) is 3.06. The van der Waals surface area contributed by atoms with Gasteiger partial charge in [-0.15, -0.1) is 0 Å². The van der Waals surface area contributed by atoms with Gasteiger partial charge in [0.25, 0.3) is 5.91 Å². The maximum atomic E-state index is 13.0. The highest BCUT2D eigenvalue weighted by atomic mass is 79.9. The summed E-state index contributed by atoms with van der Waals surface area (Å²) in [5.74, 6) is -1.35. The molecular weight excluding hydrogens is 369 g/mol. The van der Waals surface area contributed by atoms with Crippen LogP contribution < -0.4 is 10.1 Å². The molecule has 1 unspecified atom stereocenters. The second-order valence-electron chi connectivity index (χ2n) is 5.73. The van der Waals surface area contributed by atoms with Crippen LogP contribution in [0.5, 0.6) is 5.75 Å². The van der Waals surface area contributed by atoms with Gasteiger partial charge in [-0.2, -0.15) is 0 Å². The van der Waals surface area contributed by atoms with Gasteiger partial charge in [-0.3, -0.25) is 9.59 Å². The van der Waals surface area contributed by atoms with E-state index in [9.17, 15) is 14.0 Å². The standard InChI is InChI=1S/C16H19BrFNO4/c1-9(23-14-7-4-11(18)8-13(14)17)15(20)19-12-5-2-10(3-6-12)16(21)22/h4,7-10,12H,2-3,5-6H2,1H3,(H,19,20)(H,21,22). The van der Waals surface area contributed by atoms with Gasteiger partial charge in [0.05, 0.1) is 10.4 Å². The van der Waals surface area contributed by atoms with Crippen LogP contribution >= 0.6 is 15.9 Å². The molecule has 2 rings (SSSR count). The number of carbonyl (C=O) groups excluding carboxylic acids is 1. The first kappa shape index (κ1) is 17.7. The third kappa shape index (κ3) is 4.92. The summed E-state index contributed by atoms with van der Waals surface area (Å²) in [4.78, 5) is 23.1. The van der Waals surface area contributed by atoms with Crippen molar-refractivity contribution in [3.05, 3.63) is 28.5 Å². The number of halogens is 2. The van der Waals surface area contributed by atoms with Gasteiger partial charge in [0, 0.05) is 6.04 Å². The van der Waals surface area contributed by atoms with E-state index in [1.54, 1.807) is 6.92 Å². The van der Waals surface area contributed by atoms with Gasteiger partial charge < -0.3 is 15.2 Å². The quantitative estimate of drug-likeness (QED) is 0.813. The highest BCUT2D eigenvalue weighted by Gasteiger charge is 2.28. The summed E-state index contributed by atoms with van der Waals surface area (Å²) in [5, 5.41) is 11.8. The molecule has 126 valence electrons. The molecule has 0 saturated heterocycles. The second kappa shape index (κ2) is 7.77. The van der Waals surface area contributed by atoms with E-state index >= 15 is 0 Å². The number of nitrogens with one attached hydrogen (secondary N) is 1. The molecule has 1 saturated carbocycles. The van der Waals surface area contributed by atoms with Gasteiger partial charge in [0.1, 0.15) is 11.6 Å². The number of hydrogen-bond donors (Lipinski definition) is 2. The van der Waals surface area contributed by atoms with Gasteiger partial charge in [-0.1, -0.05) is 0 Å². The largest absolute Gasteiger partial charge is 0.481 e. The first-order valence-electron chi connectivity index (χ1n) is 7.51. The zero-order chi connectivity index (χ0) is 17.0. The molecule has 1 amide bonds. The SMILES string of the molecule is CC(Oc1ccc(F)cc1Br)C(=O)NC1CCC(C(=O)O)CC1. The van der Waals surface area contributed by atoms with E-state index in [4.69, 9.17) is 9.84 Å². The van der Waals surface area contributed by atoms with Crippen LogP contribution in [-0.4, -0.2) is 29.1 Å². The zero-order valence-corrected chi connectivity index (χ0v) is 14.3. The van der Waals surface area contributed by atoms with Gasteiger partial charge in [-0.25, -0.2) is 4.39 Å². The summed E-state index contributed by atoms with van der Waals surface area (Å²) < 4.78 is 19.0. The minimum Gasteiger partial charge on any atom is -0.481 e. The molecule has 0 spiro atoms. The molecule has 0 bridgehead atoms. The summed E-state index contributed by atoms with van der Waals surface area (Å²) in [6.45, 7) is 1.62. The van der Waals surface area contributed by atoms with Gasteiger partial charge in [0.2, 0.25) is 0 Å². The molecule has 0 radical (unpaired) electrons. The minimum absolute atomic E-state index is 0.0270. The smallest absolute Gasteiger partial charge is 0.306 e. The van der Waals surface area contributed by atoms with Crippen LogP contribution in [-0.2, 0) is 9.59 Å². The Morgan fingerprint density at radius 2 is 2.00 bits per heavy atom. The highest BCUT2D eigenvalue weighted by molar-refractivity contribution is 9.10. The van der Waals surface area contributed by atoms with E-state index in [2.05, 4.69) is 21.2 Å². The molecule has 1 aromatic rings. The lowest BCUT2D eigenvalue weighted by Gasteiger charge is -2.28. The van der Waals surface area contributed by atoms with Crippen molar-refractivity contribution >= 4 is 27.8 Å². The van der Waals surface area contributed by atoms with Crippen LogP contribution in [0.3, 0.4) is 0 Å². The summed E-state index contributed by atoms with van der Waals surface area (Å²) in [7, 11) is 0. The molecule has 7 heteroatoms. The molecule has 2 N–H and O–H groups in total. The minimum atomic E-state index is -0.771. The van der Waals surface area contributed by atoms with E-state index in [1.165, 1.54) is 18.2 Å². The molecule has 23 heavy (non-hydrogen) atoms. The van der Waals surface area contributed by atoms with E-state index in [1.807, 2.05) is 0 Å². The van der Waals surface area contributed by atoms with Gasteiger partial charge in [0.15, 0.2) is 6.10 Å². The Morgan fingerprint density at radius 3 is 2.57 bits per heavy atom. The monoisotopic (exact) mass is 387 g/mol. The first-order valence-corrected chi connectivity index (χ1v) is 8.31. The molecule has 0 heterocycles. The molecule has 1 aliphatic rings. The first-order chi connectivity index (χ1) is 10.9. The van der Waals surface area contributed by atoms with Crippen molar-refractivity contribution < 1.29 is 23.8 Å². The molecular formula is C16H19BrFNO4. The number of hydrogen-bond acceptors (Lipinski definition) is 3. The molecule has 1 fully saturated rings. The van der Waals surface area contributed by atoms with Crippen molar-refractivity contribution in [3.63, 3.8) is 0 Å². The summed E-state index contributed by atoms with van der Waals surface area (Å²) >= 11 is 3.19. The molecule has 5 nitrogen and oxygen atoms in total. The summed E-state index contributed by atoms with van der Waals surface area (Å²) in [6, 6.07) is 3.97. The Kier molecular flexibility index (Phi) is 5.98. The molecule has 0 aliphatic heterocycles. The molecule has 0 aromatic heterocycles. The summed E-state index contributed by atoms with van der Waals surface area (Å²) in [6.07, 6.45) is 1.71. The van der Waals surface area contributed by atoms with Gasteiger partial charge >= 0.3 is 5.97 Å². The van der Waals surface area contributed by atoms with Crippen LogP contribution in [0.4, 0.5) is 4.39 Å². The average Bonchev–Trinajstić information content (AvgIpc) is 2.50. The highest BCUT2D eigenvalue weighted by Crippen LogP contribution is 2.27. The maximum absolute atomic E-state index is 13.0. The number of rotatable bonds is 5. The van der Waals surface area contributed by atoms with E-state index in [0.717, 1.165) is 0 Å². The Morgan fingerprint density at radius 1 is 1.35 bits per heavy atom. The number of benzene rings is 1. The zero-order valence-electron chi connectivity index (χ0n) is 12.7. The Hall–Kier alpha value is -1.63. The predicted molar refractivity (Wildman–Crippen MR) is 85.7 cm³/mol. The van der Waals surface area contributed by atoms with E-state index in [-0.39, 0.29) is 17.9 Å². The van der Waals surface area contributed by atoms with Crippen LogP contribution in [0.15, 0.2) is 22.7 Å². The maximum Gasteiger partial charge on any atom is 0.306 e. The van der Waals surface area contributed by atoms with Crippen LogP contribution in [0, 0.1) is 11.7 Å². The van der Waals surface area contributed by atoms with E-state index in [0.29, 0.717) is 35.9 Å². The molecule has 1 atom stereocenters. The average molecular weight is 388 g/mol. The van der Waals surface area contributed by atoms with Crippen LogP contribution in [0.25, 0.3) is 0 Å². The van der Waals surface area contributed by atoms with E-state index < -0.39 is 17.9 Å². The van der Waals surface area contributed by atoms with Crippen molar-refractivity contribution in [2.24, 2.45) is 5.92 Å². The van der Waals surface area contributed by atoms with Gasteiger partial charge in [-0.05, 0) is 66.7 Å². The van der Waals surface area contributed by atoms with Crippen molar-refractivity contribution in [2.45, 2.75) is 44.8 Å². The Balaban J connectivity index is 1.85. The number of amides is 1. The fourth-order valence-electron chi connectivity index (χ4n) is 2.62. The predicted octanol–water partition coefficient (Wildman–Crippen LogP) is 3.12. The van der Waals surface area contributed by atoms with Crippen molar-refractivity contribution in [3.8, 4) is 5.75 Å². The number of aliphatic carboxylic acids is 1. The Labute approximate surface area is 142 Å². The topological polar surface area (TPSA) is 75.6 Å². The van der Waals surface area contributed by atoms with Crippen molar-refractivity contribution in [1.82, 2.24) is 5.32 Å². The third-order valence-corrected chi connectivity index (χ3v) is 4.61. The lowest BCUT2D eigenvalue weighted by molar-refractivity contribution is -0.142. The van der Waals surface area contributed by atoms with Crippen molar-refractivity contribution in [1.29, 1.82) is 0 Å².